The SMILES string of the molecule is Clc1cccnc1-n1nc(Br)cc1COc1ccc(Oc2ccccc2)cc1. The average molecular weight is 457 g/mol. The zero-order chi connectivity index (χ0) is 19.3. The van der Waals surface area contributed by atoms with Crippen molar-refractivity contribution in [3.63, 3.8) is 0 Å². The standard InChI is InChI=1S/C21H15BrClN3O2/c22-20-13-15(26(25-20)21-19(23)7-4-12-24-21)14-27-16-8-10-18(11-9-16)28-17-5-2-1-3-6-17/h1-13H,14H2. The van der Waals surface area contributed by atoms with Crippen molar-refractivity contribution in [2.45, 2.75) is 6.61 Å². The largest absolute Gasteiger partial charge is 0.487 e. The van der Waals surface area contributed by atoms with E-state index in [9.17, 15) is 0 Å². The molecule has 0 aliphatic heterocycles. The van der Waals surface area contributed by atoms with Gasteiger partial charge in [-0.3, -0.25) is 0 Å². The van der Waals surface area contributed by atoms with Crippen molar-refractivity contribution in [3.8, 4) is 23.1 Å². The van der Waals surface area contributed by atoms with Crippen LogP contribution in [0.1, 0.15) is 5.69 Å². The number of benzene rings is 2. The van der Waals surface area contributed by atoms with Gasteiger partial charge < -0.3 is 9.47 Å². The maximum Gasteiger partial charge on any atom is 0.172 e. The molecule has 5 nitrogen and oxygen atoms in total. The van der Waals surface area contributed by atoms with E-state index in [1.165, 1.54) is 0 Å². The van der Waals surface area contributed by atoms with Gasteiger partial charge in [-0.15, -0.1) is 0 Å². The molecule has 2 heterocycles. The Hall–Kier alpha value is -2.83. The van der Waals surface area contributed by atoms with E-state index >= 15 is 0 Å². The minimum absolute atomic E-state index is 0.310. The molecule has 0 saturated heterocycles. The van der Waals surface area contributed by atoms with Crippen LogP contribution in [-0.4, -0.2) is 14.8 Å². The lowest BCUT2D eigenvalue weighted by molar-refractivity contribution is 0.297. The van der Waals surface area contributed by atoms with Crippen LogP contribution in [-0.2, 0) is 6.61 Å². The second-order valence-electron chi connectivity index (χ2n) is 5.85. The molecule has 0 fully saturated rings. The van der Waals surface area contributed by atoms with Gasteiger partial charge in [-0.05, 0) is 70.5 Å². The topological polar surface area (TPSA) is 49.2 Å². The molecule has 0 unspecified atom stereocenters. The minimum Gasteiger partial charge on any atom is -0.487 e. The molecule has 0 atom stereocenters. The zero-order valence-corrected chi connectivity index (χ0v) is 17.0. The summed E-state index contributed by atoms with van der Waals surface area (Å²) in [4.78, 5) is 4.30. The normalized spacial score (nSPS) is 10.6. The summed E-state index contributed by atoms with van der Waals surface area (Å²) >= 11 is 9.64. The molecule has 2 aromatic carbocycles. The molecule has 0 aliphatic carbocycles. The van der Waals surface area contributed by atoms with Crippen molar-refractivity contribution in [2.75, 3.05) is 0 Å². The summed E-state index contributed by atoms with van der Waals surface area (Å²) in [5, 5.41) is 4.92. The van der Waals surface area contributed by atoms with Crippen LogP contribution in [0.4, 0.5) is 0 Å². The maximum atomic E-state index is 6.25. The average Bonchev–Trinajstić information content (AvgIpc) is 3.09. The molecule has 4 rings (SSSR count). The van der Waals surface area contributed by atoms with Crippen LogP contribution in [0.5, 0.6) is 17.2 Å². The molecule has 28 heavy (non-hydrogen) atoms. The molecule has 0 spiro atoms. The number of pyridine rings is 1. The third kappa shape index (κ3) is 4.35. The molecule has 7 heteroatoms. The van der Waals surface area contributed by atoms with E-state index in [4.69, 9.17) is 21.1 Å². The summed E-state index contributed by atoms with van der Waals surface area (Å²) in [5.74, 6) is 2.81. The third-order valence-electron chi connectivity index (χ3n) is 3.88. The lowest BCUT2D eigenvalue weighted by atomic mass is 10.3. The summed E-state index contributed by atoms with van der Waals surface area (Å²) in [7, 11) is 0. The summed E-state index contributed by atoms with van der Waals surface area (Å²) in [6, 6.07) is 22.5. The minimum atomic E-state index is 0.310. The van der Waals surface area contributed by atoms with Crippen molar-refractivity contribution in [1.82, 2.24) is 14.8 Å². The number of rotatable bonds is 6. The Morgan fingerprint density at radius 1 is 0.893 bits per heavy atom. The number of hydrogen-bond acceptors (Lipinski definition) is 4. The summed E-state index contributed by atoms with van der Waals surface area (Å²) < 4.78 is 14.0. The monoisotopic (exact) mass is 455 g/mol. The van der Waals surface area contributed by atoms with Crippen LogP contribution >= 0.6 is 27.5 Å². The second kappa shape index (κ2) is 8.46. The summed E-state index contributed by atoms with van der Waals surface area (Å²) in [6.07, 6.45) is 1.67. The van der Waals surface area contributed by atoms with Crippen LogP contribution in [0.15, 0.2) is 83.6 Å². The van der Waals surface area contributed by atoms with Gasteiger partial charge in [0, 0.05) is 6.20 Å². The first-order valence-electron chi connectivity index (χ1n) is 8.50. The molecule has 2 aromatic heterocycles. The third-order valence-corrected chi connectivity index (χ3v) is 4.56. The Balaban J connectivity index is 1.46. The van der Waals surface area contributed by atoms with Crippen LogP contribution in [0.3, 0.4) is 0 Å². The van der Waals surface area contributed by atoms with Crippen molar-refractivity contribution in [1.29, 1.82) is 0 Å². The smallest absolute Gasteiger partial charge is 0.172 e. The molecule has 0 bridgehead atoms. The molecule has 0 radical (unpaired) electrons. The number of para-hydroxylation sites is 1. The van der Waals surface area contributed by atoms with E-state index in [2.05, 4.69) is 26.0 Å². The fourth-order valence-electron chi connectivity index (χ4n) is 2.59. The molecule has 140 valence electrons. The Bertz CT molecular complexity index is 1070. The summed E-state index contributed by atoms with van der Waals surface area (Å²) in [5.41, 5.74) is 0.817. The van der Waals surface area contributed by atoms with E-state index in [0.29, 0.717) is 22.1 Å². The molecule has 0 aliphatic rings. The number of nitrogens with zero attached hydrogens (tertiary/aromatic N) is 3. The fraction of sp³-hybridized carbons (Fsp3) is 0.0476. The van der Waals surface area contributed by atoms with Gasteiger partial charge in [0.2, 0.25) is 0 Å². The number of halogens is 2. The highest BCUT2D eigenvalue weighted by Crippen LogP contribution is 2.25. The quantitative estimate of drug-likeness (QED) is 0.354. The van der Waals surface area contributed by atoms with Gasteiger partial charge in [0.15, 0.2) is 5.82 Å². The highest BCUT2D eigenvalue weighted by molar-refractivity contribution is 9.10. The first-order chi connectivity index (χ1) is 13.7. The van der Waals surface area contributed by atoms with E-state index in [1.54, 1.807) is 23.0 Å². The van der Waals surface area contributed by atoms with Gasteiger partial charge in [0.25, 0.3) is 0 Å². The lowest BCUT2D eigenvalue weighted by Gasteiger charge is -2.10. The molecule has 0 N–H and O–H groups in total. The van der Waals surface area contributed by atoms with Crippen LogP contribution in [0.25, 0.3) is 5.82 Å². The number of hydrogen-bond donors (Lipinski definition) is 0. The highest BCUT2D eigenvalue weighted by Gasteiger charge is 2.13. The van der Waals surface area contributed by atoms with Gasteiger partial charge >= 0.3 is 0 Å². The van der Waals surface area contributed by atoms with Crippen LogP contribution in [0, 0.1) is 0 Å². The zero-order valence-electron chi connectivity index (χ0n) is 14.6. The van der Waals surface area contributed by atoms with Crippen molar-refractivity contribution in [2.24, 2.45) is 0 Å². The number of aromatic nitrogens is 3. The highest BCUT2D eigenvalue weighted by atomic mass is 79.9. The second-order valence-corrected chi connectivity index (χ2v) is 7.07. The van der Waals surface area contributed by atoms with E-state index in [0.717, 1.165) is 22.9 Å². The Morgan fingerprint density at radius 3 is 2.36 bits per heavy atom. The number of ether oxygens (including phenoxy) is 2. The van der Waals surface area contributed by atoms with Crippen molar-refractivity contribution >= 4 is 27.5 Å². The van der Waals surface area contributed by atoms with Crippen molar-refractivity contribution < 1.29 is 9.47 Å². The fourth-order valence-corrected chi connectivity index (χ4v) is 3.22. The van der Waals surface area contributed by atoms with Gasteiger partial charge in [0.1, 0.15) is 28.5 Å². The van der Waals surface area contributed by atoms with Crippen LogP contribution in [0.2, 0.25) is 5.02 Å². The predicted octanol–water partition coefficient (Wildman–Crippen LogP) is 6.05. The van der Waals surface area contributed by atoms with Gasteiger partial charge in [-0.25, -0.2) is 9.67 Å². The lowest BCUT2D eigenvalue weighted by Crippen LogP contribution is -2.07. The molecular weight excluding hydrogens is 442 g/mol. The maximum absolute atomic E-state index is 6.25. The Kier molecular flexibility index (Phi) is 5.60. The predicted molar refractivity (Wildman–Crippen MR) is 111 cm³/mol. The Morgan fingerprint density at radius 2 is 1.61 bits per heavy atom. The van der Waals surface area contributed by atoms with E-state index < -0.39 is 0 Å². The van der Waals surface area contributed by atoms with Crippen molar-refractivity contribution in [3.05, 3.63) is 94.3 Å². The van der Waals surface area contributed by atoms with Gasteiger partial charge in [-0.2, -0.15) is 5.10 Å². The van der Waals surface area contributed by atoms with Gasteiger partial charge in [-0.1, -0.05) is 29.8 Å². The van der Waals surface area contributed by atoms with Crippen LogP contribution < -0.4 is 9.47 Å². The van der Waals surface area contributed by atoms with Gasteiger partial charge in [0.05, 0.1) is 10.7 Å². The van der Waals surface area contributed by atoms with E-state index in [1.807, 2.05) is 60.7 Å². The summed E-state index contributed by atoms with van der Waals surface area (Å²) in [6.45, 7) is 0.310. The molecule has 0 amide bonds. The molecular formula is C21H15BrClN3O2. The Labute approximate surface area is 175 Å². The molecule has 4 aromatic rings. The first-order valence-corrected chi connectivity index (χ1v) is 9.67. The van der Waals surface area contributed by atoms with E-state index in [-0.39, 0.29) is 0 Å². The first kappa shape index (κ1) is 18.5. The molecule has 0 saturated carbocycles.